The number of amidine groups is 1. The summed E-state index contributed by atoms with van der Waals surface area (Å²) in [6, 6.07) is 0.0282. The molecule has 6 nitrogen and oxygen atoms in total. The van der Waals surface area contributed by atoms with Crippen LogP contribution in [0.15, 0.2) is 4.99 Å². The highest BCUT2D eigenvalue weighted by Gasteiger charge is 2.48. The highest BCUT2D eigenvalue weighted by Crippen LogP contribution is 2.28. The summed E-state index contributed by atoms with van der Waals surface area (Å²) in [5, 5.41) is 18.2. The molecule has 2 heterocycles. The molecule has 6 heteroatoms. The van der Waals surface area contributed by atoms with E-state index < -0.39 is 24.5 Å². The largest absolute Gasteiger partial charge is 0.454 e. The molecule has 0 aliphatic carbocycles. The smallest absolute Gasteiger partial charge is 0.285 e. The average molecular weight is 174 g/mol. The first-order valence-electron chi connectivity index (χ1n) is 3.66. The number of aliphatic hydroxyl groups excluding tert-OH is 2. The van der Waals surface area contributed by atoms with Crippen molar-refractivity contribution in [3.05, 3.63) is 0 Å². The number of nitrogens with zero attached hydrogens (tertiary/aromatic N) is 1. The van der Waals surface area contributed by atoms with Crippen molar-refractivity contribution in [3.63, 3.8) is 0 Å². The number of aliphatic hydroxyl groups is 2. The molecule has 0 amide bonds. The van der Waals surface area contributed by atoms with Gasteiger partial charge in [0.2, 0.25) is 0 Å². The third-order valence-electron chi connectivity index (χ3n) is 2.00. The fraction of sp³-hybridized carbons (Fsp3) is 0.833. The Hall–Kier alpha value is -0.850. The quantitative estimate of drug-likeness (QED) is 0.418. The lowest BCUT2D eigenvalue weighted by Crippen LogP contribution is -2.35. The van der Waals surface area contributed by atoms with Crippen molar-refractivity contribution in [3.8, 4) is 0 Å². The number of hydrogen-bond acceptors (Lipinski definition) is 6. The molecule has 2 rings (SSSR count). The molecule has 4 atom stereocenters. The summed E-state index contributed by atoms with van der Waals surface area (Å²) in [6.07, 6.45) is -2.58. The molecule has 2 aliphatic heterocycles. The SMILES string of the molecule is NC1=N[C@@H]2O[C@@H](CO)[C@H](O)[C@@H]2O1. The molecular formula is C6H10N2O4. The third-order valence-corrected chi connectivity index (χ3v) is 2.00. The molecule has 0 spiro atoms. The van der Waals surface area contributed by atoms with Crippen LogP contribution in [-0.2, 0) is 9.47 Å². The van der Waals surface area contributed by atoms with Crippen LogP contribution >= 0.6 is 0 Å². The summed E-state index contributed by atoms with van der Waals surface area (Å²) in [4.78, 5) is 3.78. The Morgan fingerprint density at radius 3 is 2.92 bits per heavy atom. The first kappa shape index (κ1) is 7.78. The topological polar surface area (TPSA) is 97.3 Å². The molecule has 12 heavy (non-hydrogen) atoms. The van der Waals surface area contributed by atoms with Crippen LogP contribution in [0, 0.1) is 0 Å². The zero-order chi connectivity index (χ0) is 8.72. The molecule has 0 saturated carbocycles. The van der Waals surface area contributed by atoms with Crippen molar-refractivity contribution in [2.45, 2.75) is 24.5 Å². The first-order chi connectivity index (χ1) is 5.72. The molecule has 4 N–H and O–H groups in total. The molecule has 0 bridgehead atoms. The minimum absolute atomic E-state index is 0.0282. The lowest BCUT2D eigenvalue weighted by molar-refractivity contribution is -0.0206. The van der Waals surface area contributed by atoms with Gasteiger partial charge in [0.25, 0.3) is 6.02 Å². The van der Waals surface area contributed by atoms with Gasteiger partial charge in [-0.15, -0.1) is 0 Å². The van der Waals surface area contributed by atoms with E-state index in [0.717, 1.165) is 0 Å². The van der Waals surface area contributed by atoms with Crippen LogP contribution < -0.4 is 5.73 Å². The van der Waals surface area contributed by atoms with Crippen LogP contribution in [-0.4, -0.2) is 47.4 Å². The summed E-state index contributed by atoms with van der Waals surface area (Å²) >= 11 is 0. The summed E-state index contributed by atoms with van der Waals surface area (Å²) < 4.78 is 10.1. The van der Waals surface area contributed by atoms with Crippen LogP contribution in [0.3, 0.4) is 0 Å². The second-order valence-corrected chi connectivity index (χ2v) is 2.79. The van der Waals surface area contributed by atoms with Crippen molar-refractivity contribution in [2.24, 2.45) is 10.7 Å². The van der Waals surface area contributed by atoms with Crippen molar-refractivity contribution in [1.82, 2.24) is 0 Å². The van der Waals surface area contributed by atoms with E-state index in [1.165, 1.54) is 0 Å². The maximum absolute atomic E-state index is 9.44. The normalized spacial score (nSPS) is 45.3. The molecule has 1 fully saturated rings. The van der Waals surface area contributed by atoms with Crippen molar-refractivity contribution in [1.29, 1.82) is 0 Å². The van der Waals surface area contributed by atoms with E-state index in [1.807, 2.05) is 0 Å². The standard InChI is InChI=1S/C6H10N2O4/c7-6-8-5-4(12-6)3(10)2(1-9)11-5/h2-5,9-10H,1H2,(H2,7,8)/t2-,3-,4-,5+/m0/s1. The van der Waals surface area contributed by atoms with E-state index in [9.17, 15) is 5.11 Å². The zero-order valence-corrected chi connectivity index (χ0v) is 6.25. The van der Waals surface area contributed by atoms with Crippen LogP contribution in [0.1, 0.15) is 0 Å². The molecule has 0 aromatic heterocycles. The molecule has 0 unspecified atom stereocenters. The zero-order valence-electron chi connectivity index (χ0n) is 6.25. The molecular weight excluding hydrogens is 164 g/mol. The van der Waals surface area contributed by atoms with Gasteiger partial charge in [0, 0.05) is 0 Å². The highest BCUT2D eigenvalue weighted by atomic mass is 16.6. The third kappa shape index (κ3) is 0.961. The van der Waals surface area contributed by atoms with Gasteiger partial charge in [0.15, 0.2) is 12.3 Å². The molecule has 2 aliphatic rings. The van der Waals surface area contributed by atoms with E-state index in [0.29, 0.717) is 0 Å². The monoisotopic (exact) mass is 174 g/mol. The number of ether oxygens (including phenoxy) is 2. The van der Waals surface area contributed by atoms with E-state index in [4.69, 9.17) is 20.3 Å². The minimum Gasteiger partial charge on any atom is -0.454 e. The number of hydrogen-bond donors (Lipinski definition) is 3. The second-order valence-electron chi connectivity index (χ2n) is 2.79. The fourth-order valence-electron chi connectivity index (χ4n) is 1.40. The summed E-state index contributed by atoms with van der Waals surface area (Å²) in [6.45, 7) is -0.243. The van der Waals surface area contributed by atoms with Gasteiger partial charge in [-0.25, -0.2) is 0 Å². The molecule has 0 radical (unpaired) electrons. The molecule has 0 aromatic carbocycles. The van der Waals surface area contributed by atoms with Gasteiger partial charge in [-0.1, -0.05) is 0 Å². The number of fused-ring (bicyclic) bond motifs is 1. The van der Waals surface area contributed by atoms with Gasteiger partial charge in [0.1, 0.15) is 12.2 Å². The maximum atomic E-state index is 9.44. The number of rotatable bonds is 1. The van der Waals surface area contributed by atoms with Crippen LogP contribution in [0.5, 0.6) is 0 Å². The Morgan fingerprint density at radius 1 is 1.58 bits per heavy atom. The van der Waals surface area contributed by atoms with E-state index in [-0.39, 0.29) is 12.6 Å². The predicted molar refractivity (Wildman–Crippen MR) is 38.2 cm³/mol. The van der Waals surface area contributed by atoms with Gasteiger partial charge in [-0.2, -0.15) is 4.99 Å². The minimum atomic E-state index is -0.857. The lowest BCUT2D eigenvalue weighted by atomic mass is 10.1. The Labute approximate surface area is 68.6 Å². The molecule has 68 valence electrons. The molecule has 1 saturated heterocycles. The van der Waals surface area contributed by atoms with Gasteiger partial charge in [-0.05, 0) is 0 Å². The average Bonchev–Trinajstić information content (AvgIpc) is 2.51. The Balaban J connectivity index is 2.10. The van der Waals surface area contributed by atoms with E-state index in [1.54, 1.807) is 0 Å². The summed E-state index contributed by atoms with van der Waals surface area (Å²) in [5.74, 6) is 0. The Morgan fingerprint density at radius 2 is 2.33 bits per heavy atom. The maximum Gasteiger partial charge on any atom is 0.285 e. The van der Waals surface area contributed by atoms with E-state index in [2.05, 4.69) is 4.99 Å². The van der Waals surface area contributed by atoms with Crippen LogP contribution in [0.4, 0.5) is 0 Å². The number of nitrogens with two attached hydrogens (primary N) is 1. The van der Waals surface area contributed by atoms with Gasteiger partial charge >= 0.3 is 0 Å². The van der Waals surface area contributed by atoms with Crippen LogP contribution in [0.2, 0.25) is 0 Å². The van der Waals surface area contributed by atoms with Crippen LogP contribution in [0.25, 0.3) is 0 Å². The summed E-state index contributed by atoms with van der Waals surface area (Å²) in [5.41, 5.74) is 5.25. The van der Waals surface area contributed by atoms with Crippen molar-refractivity contribution < 1.29 is 19.7 Å². The Bertz CT molecular complexity index is 220. The second kappa shape index (κ2) is 2.58. The van der Waals surface area contributed by atoms with Crippen molar-refractivity contribution in [2.75, 3.05) is 6.61 Å². The lowest BCUT2D eigenvalue weighted by Gasteiger charge is -2.13. The Kier molecular flexibility index (Phi) is 1.67. The van der Waals surface area contributed by atoms with E-state index >= 15 is 0 Å². The van der Waals surface area contributed by atoms with Gasteiger partial charge < -0.3 is 25.4 Å². The molecule has 0 aromatic rings. The van der Waals surface area contributed by atoms with Gasteiger partial charge in [-0.3, -0.25) is 0 Å². The fourth-order valence-corrected chi connectivity index (χ4v) is 1.40. The van der Waals surface area contributed by atoms with Gasteiger partial charge in [0.05, 0.1) is 6.61 Å². The first-order valence-corrected chi connectivity index (χ1v) is 3.66. The van der Waals surface area contributed by atoms with Crippen molar-refractivity contribution >= 4 is 6.02 Å². The summed E-state index contributed by atoms with van der Waals surface area (Å²) in [7, 11) is 0. The predicted octanol–water partition coefficient (Wildman–Crippen LogP) is -2.22. The highest BCUT2D eigenvalue weighted by molar-refractivity contribution is 5.73. The number of aliphatic imine (C=N–C) groups is 1.